The van der Waals surface area contributed by atoms with Crippen molar-refractivity contribution < 1.29 is 19.2 Å². The third-order valence-electron chi connectivity index (χ3n) is 6.28. The monoisotopic (exact) mass is 465 g/mol. The topological polar surface area (TPSA) is 87.8 Å². The quantitative estimate of drug-likeness (QED) is 0.536. The second-order valence-corrected chi connectivity index (χ2v) is 9.10. The van der Waals surface area contributed by atoms with Crippen LogP contribution in [0.15, 0.2) is 47.0 Å². The molecule has 0 bridgehead atoms. The van der Waals surface area contributed by atoms with Crippen LogP contribution in [0.4, 0.5) is 11.4 Å². The summed E-state index contributed by atoms with van der Waals surface area (Å²) >= 11 is 6.59. The number of nitrogens with zero attached hydrogens (tertiary/aromatic N) is 2. The minimum atomic E-state index is -0.581. The highest BCUT2D eigenvalue weighted by molar-refractivity contribution is 6.38. The molecule has 2 aliphatic heterocycles. The van der Waals surface area contributed by atoms with Gasteiger partial charge >= 0.3 is 0 Å². The highest BCUT2D eigenvalue weighted by Crippen LogP contribution is 2.41. The van der Waals surface area contributed by atoms with Crippen molar-refractivity contribution in [1.29, 1.82) is 0 Å². The van der Waals surface area contributed by atoms with E-state index in [1.807, 2.05) is 25.1 Å². The fourth-order valence-electron chi connectivity index (χ4n) is 4.25. The summed E-state index contributed by atoms with van der Waals surface area (Å²) in [4.78, 5) is 14.9. The molecule has 0 aliphatic carbocycles. The Morgan fingerprint density at radius 2 is 1.91 bits per heavy atom. The number of hydrogen-bond acceptors (Lipinski definition) is 6. The van der Waals surface area contributed by atoms with E-state index in [9.17, 15) is 9.90 Å². The lowest BCUT2D eigenvalue weighted by Gasteiger charge is -2.37. The Labute approximate surface area is 196 Å². The summed E-state index contributed by atoms with van der Waals surface area (Å²) in [5.74, 6) is 0.533. The first-order chi connectivity index (χ1) is 15.8. The molecule has 1 amide bonds. The van der Waals surface area contributed by atoms with E-state index in [1.165, 1.54) is 7.11 Å². The molecular formula is C25H24ClN3O4. The largest absolute Gasteiger partial charge is 0.479 e. The highest BCUT2D eigenvalue weighted by atomic mass is 35.5. The number of ether oxygens (including phenoxy) is 1. The van der Waals surface area contributed by atoms with Crippen molar-refractivity contribution in [2.24, 2.45) is 0 Å². The third-order valence-corrected chi connectivity index (χ3v) is 6.59. The molecule has 8 heteroatoms. The number of fused-ring (bicyclic) bond motifs is 1. The molecule has 0 spiro atoms. The zero-order valence-corrected chi connectivity index (χ0v) is 19.1. The van der Waals surface area contributed by atoms with E-state index in [0.717, 1.165) is 48.3 Å². The molecule has 1 aromatic heterocycles. The van der Waals surface area contributed by atoms with Crippen LogP contribution >= 0.6 is 11.6 Å². The van der Waals surface area contributed by atoms with E-state index in [0.29, 0.717) is 27.9 Å². The molecule has 33 heavy (non-hydrogen) atoms. The molecule has 2 aromatic carbocycles. The van der Waals surface area contributed by atoms with Gasteiger partial charge < -0.3 is 24.6 Å². The van der Waals surface area contributed by atoms with Crippen LogP contribution in [0.3, 0.4) is 0 Å². The van der Waals surface area contributed by atoms with Crippen LogP contribution in [0.2, 0.25) is 5.02 Å². The van der Waals surface area contributed by atoms with Gasteiger partial charge in [-0.3, -0.25) is 4.79 Å². The number of anilines is 2. The van der Waals surface area contributed by atoms with Gasteiger partial charge in [0.25, 0.3) is 11.8 Å². The van der Waals surface area contributed by atoms with Crippen LogP contribution in [0.5, 0.6) is 5.88 Å². The average Bonchev–Trinajstić information content (AvgIpc) is 3.37. The summed E-state index contributed by atoms with van der Waals surface area (Å²) in [5, 5.41) is 17.4. The standard InChI is InChI=1S/C25H24ClN3O4/c1-25(31)7-9-29(10-8-25)16-5-3-15(4-6-16)18-13-19-20(11-17-12-23(32-2)28-33-17)24(30)27-22(19)14-21(18)26/h3-6,11-14,31H,7-10H2,1-2H3,(H,27,30)/b20-11-. The molecule has 0 unspecified atom stereocenters. The predicted octanol–water partition coefficient (Wildman–Crippen LogP) is 4.85. The summed E-state index contributed by atoms with van der Waals surface area (Å²) in [7, 11) is 1.50. The van der Waals surface area contributed by atoms with Gasteiger partial charge in [0.2, 0.25) is 0 Å². The van der Waals surface area contributed by atoms with Crippen LogP contribution in [0.1, 0.15) is 31.1 Å². The van der Waals surface area contributed by atoms with Crippen LogP contribution in [-0.4, -0.2) is 42.0 Å². The number of aliphatic hydroxyl groups is 1. The summed E-state index contributed by atoms with van der Waals surface area (Å²) in [5.41, 5.74) is 4.20. The van der Waals surface area contributed by atoms with Gasteiger partial charge in [-0.15, -0.1) is 0 Å². The molecule has 0 radical (unpaired) electrons. The van der Waals surface area contributed by atoms with Crippen molar-refractivity contribution in [2.45, 2.75) is 25.4 Å². The molecule has 2 aliphatic rings. The molecule has 1 saturated heterocycles. The Kier molecular flexibility index (Phi) is 5.38. The van der Waals surface area contributed by atoms with Crippen molar-refractivity contribution in [3.8, 4) is 17.0 Å². The fourth-order valence-corrected chi connectivity index (χ4v) is 4.53. The summed E-state index contributed by atoms with van der Waals surface area (Å²) < 4.78 is 10.3. The van der Waals surface area contributed by atoms with Gasteiger partial charge in [-0.2, -0.15) is 0 Å². The smallest absolute Gasteiger partial charge is 0.256 e. The zero-order chi connectivity index (χ0) is 23.2. The number of benzene rings is 2. The number of piperidine rings is 1. The minimum absolute atomic E-state index is 0.232. The van der Waals surface area contributed by atoms with Crippen LogP contribution < -0.4 is 15.0 Å². The van der Waals surface area contributed by atoms with Gasteiger partial charge in [0.1, 0.15) is 0 Å². The van der Waals surface area contributed by atoms with Gasteiger partial charge in [0.15, 0.2) is 5.76 Å². The Balaban J connectivity index is 1.44. The van der Waals surface area contributed by atoms with E-state index in [2.05, 4.69) is 27.5 Å². The Morgan fingerprint density at radius 3 is 2.58 bits per heavy atom. The van der Waals surface area contributed by atoms with Crippen LogP contribution in [-0.2, 0) is 4.79 Å². The Hall–Kier alpha value is -3.29. The second kappa shape index (κ2) is 8.24. The second-order valence-electron chi connectivity index (χ2n) is 8.69. The molecule has 3 aromatic rings. The van der Waals surface area contributed by atoms with E-state index in [4.69, 9.17) is 20.9 Å². The number of hydrogen-bond donors (Lipinski definition) is 2. The fraction of sp³-hybridized carbons (Fsp3) is 0.280. The number of methoxy groups -OCH3 is 1. The Morgan fingerprint density at radius 1 is 1.18 bits per heavy atom. The lowest BCUT2D eigenvalue weighted by molar-refractivity contribution is -0.110. The third kappa shape index (κ3) is 4.21. The molecule has 1 fully saturated rings. The maximum atomic E-state index is 12.6. The number of aromatic nitrogens is 1. The number of nitrogens with one attached hydrogen (secondary N) is 1. The Bertz CT molecular complexity index is 1240. The van der Waals surface area contributed by atoms with Gasteiger partial charge in [0.05, 0.1) is 29.0 Å². The number of carbonyl (C=O) groups is 1. The van der Waals surface area contributed by atoms with Gasteiger partial charge in [-0.05, 0) is 60.8 Å². The van der Waals surface area contributed by atoms with Gasteiger partial charge in [0, 0.05) is 36.0 Å². The number of carbonyl (C=O) groups excluding carboxylic acids is 1. The maximum Gasteiger partial charge on any atom is 0.256 e. The van der Waals surface area contributed by atoms with Crippen molar-refractivity contribution in [1.82, 2.24) is 5.16 Å². The number of amides is 1. The lowest BCUT2D eigenvalue weighted by Crippen LogP contribution is -2.42. The van der Waals surface area contributed by atoms with E-state index < -0.39 is 5.60 Å². The van der Waals surface area contributed by atoms with Gasteiger partial charge in [-0.25, -0.2) is 0 Å². The molecule has 0 saturated carbocycles. The molecule has 5 rings (SSSR count). The molecule has 3 heterocycles. The normalized spacial score (nSPS) is 18.4. The number of halogens is 1. The highest BCUT2D eigenvalue weighted by Gasteiger charge is 2.28. The van der Waals surface area contributed by atoms with Crippen LogP contribution in [0.25, 0.3) is 22.8 Å². The van der Waals surface area contributed by atoms with E-state index >= 15 is 0 Å². The number of rotatable bonds is 4. The average molecular weight is 466 g/mol. The first-order valence-electron chi connectivity index (χ1n) is 10.8. The summed E-state index contributed by atoms with van der Waals surface area (Å²) in [6.45, 7) is 3.53. The van der Waals surface area contributed by atoms with E-state index in [1.54, 1.807) is 18.2 Å². The first kappa shape index (κ1) is 21.6. The van der Waals surface area contributed by atoms with Crippen molar-refractivity contribution in [2.75, 3.05) is 30.4 Å². The lowest BCUT2D eigenvalue weighted by atomic mass is 9.93. The zero-order valence-electron chi connectivity index (χ0n) is 18.4. The maximum absolute atomic E-state index is 12.6. The molecule has 7 nitrogen and oxygen atoms in total. The van der Waals surface area contributed by atoms with Crippen molar-refractivity contribution in [3.63, 3.8) is 0 Å². The molecule has 2 N–H and O–H groups in total. The minimum Gasteiger partial charge on any atom is -0.479 e. The first-order valence-corrected chi connectivity index (χ1v) is 11.2. The molecule has 170 valence electrons. The van der Waals surface area contributed by atoms with Crippen LogP contribution in [0, 0.1) is 0 Å². The summed E-state index contributed by atoms with van der Waals surface area (Å²) in [6, 6.07) is 13.5. The molecular weight excluding hydrogens is 442 g/mol. The predicted molar refractivity (Wildman–Crippen MR) is 129 cm³/mol. The van der Waals surface area contributed by atoms with Crippen molar-refractivity contribution >= 4 is 40.5 Å². The summed E-state index contributed by atoms with van der Waals surface area (Å²) in [6.07, 6.45) is 3.14. The van der Waals surface area contributed by atoms with Crippen molar-refractivity contribution in [3.05, 3.63) is 58.8 Å². The van der Waals surface area contributed by atoms with E-state index in [-0.39, 0.29) is 5.91 Å². The SMILES string of the molecule is COc1cc(/C=C2\C(=O)Nc3cc(Cl)c(-c4ccc(N5CCC(C)(O)CC5)cc4)cc32)on1. The van der Waals surface area contributed by atoms with Gasteiger partial charge in [-0.1, -0.05) is 23.7 Å². The molecule has 0 atom stereocenters.